The molecule has 4 heteroatoms. The first-order valence-corrected chi connectivity index (χ1v) is 6.67. The number of hydrogen-bond acceptors (Lipinski definition) is 4. The van der Waals surface area contributed by atoms with Crippen LogP contribution in [0.15, 0.2) is 0 Å². The Kier molecular flexibility index (Phi) is 7.76. The summed E-state index contributed by atoms with van der Waals surface area (Å²) in [5.41, 5.74) is 0. The first kappa shape index (κ1) is 13.9. The summed E-state index contributed by atoms with van der Waals surface area (Å²) in [5.74, 6) is 0. The van der Waals surface area contributed by atoms with E-state index >= 15 is 0 Å². The Morgan fingerprint density at radius 3 is 1.50 bits per heavy atom. The van der Waals surface area contributed by atoms with Gasteiger partial charge in [0.05, 0.1) is 0 Å². The summed E-state index contributed by atoms with van der Waals surface area (Å²) in [7, 11) is 0. The Balaban J connectivity index is 2.18. The van der Waals surface area contributed by atoms with Crippen molar-refractivity contribution in [1.29, 1.82) is 0 Å². The van der Waals surface area contributed by atoms with Crippen molar-refractivity contribution >= 4 is 0 Å². The van der Waals surface area contributed by atoms with E-state index in [4.69, 9.17) is 0 Å². The van der Waals surface area contributed by atoms with E-state index in [0.717, 1.165) is 39.3 Å². The molecule has 1 saturated heterocycles. The average Bonchev–Trinajstić information content (AvgIpc) is 2.27. The van der Waals surface area contributed by atoms with Crippen molar-refractivity contribution in [2.75, 3.05) is 39.3 Å². The van der Waals surface area contributed by atoms with Crippen LogP contribution in [0.3, 0.4) is 0 Å². The lowest BCUT2D eigenvalue weighted by atomic mass is 10.2. The van der Waals surface area contributed by atoms with Gasteiger partial charge in [-0.3, -0.25) is 0 Å². The van der Waals surface area contributed by atoms with E-state index < -0.39 is 0 Å². The molecule has 0 bridgehead atoms. The van der Waals surface area contributed by atoms with Crippen LogP contribution in [0.5, 0.6) is 0 Å². The third-order valence-corrected chi connectivity index (χ3v) is 3.10. The van der Waals surface area contributed by atoms with Crippen molar-refractivity contribution in [3.63, 3.8) is 0 Å². The first-order valence-electron chi connectivity index (χ1n) is 6.67. The summed E-state index contributed by atoms with van der Waals surface area (Å²) in [5, 5.41) is 14.0. The zero-order valence-corrected chi connectivity index (χ0v) is 10.8. The highest BCUT2D eigenvalue weighted by atomic mass is 15.0. The van der Waals surface area contributed by atoms with E-state index in [-0.39, 0.29) is 0 Å². The van der Waals surface area contributed by atoms with Crippen molar-refractivity contribution in [2.24, 2.45) is 0 Å². The molecule has 0 aromatic heterocycles. The Bertz CT molecular complexity index is 129. The van der Waals surface area contributed by atoms with Crippen molar-refractivity contribution in [1.82, 2.24) is 21.3 Å². The summed E-state index contributed by atoms with van der Waals surface area (Å²) < 4.78 is 0. The highest BCUT2D eigenvalue weighted by molar-refractivity contribution is 4.67. The Morgan fingerprint density at radius 2 is 1.06 bits per heavy atom. The second-order valence-corrected chi connectivity index (χ2v) is 4.79. The molecule has 1 rings (SSSR count). The standard InChI is InChI=1S/C12H28N4/c1-11-3-5-13-8-10-16-12(2)4-6-14-7-9-15-11/h11-16H,3-10H2,1-2H3/t11-,12-/m0/s1. The van der Waals surface area contributed by atoms with Crippen molar-refractivity contribution in [3.8, 4) is 0 Å². The lowest BCUT2D eigenvalue weighted by molar-refractivity contribution is 0.445. The molecule has 1 fully saturated rings. The van der Waals surface area contributed by atoms with Gasteiger partial charge in [0, 0.05) is 38.3 Å². The van der Waals surface area contributed by atoms with Crippen LogP contribution < -0.4 is 21.3 Å². The van der Waals surface area contributed by atoms with E-state index in [1.807, 2.05) is 0 Å². The summed E-state index contributed by atoms with van der Waals surface area (Å²) in [6.07, 6.45) is 2.41. The van der Waals surface area contributed by atoms with Gasteiger partial charge in [-0.15, -0.1) is 0 Å². The van der Waals surface area contributed by atoms with Crippen LogP contribution in [0.2, 0.25) is 0 Å². The fourth-order valence-electron chi connectivity index (χ4n) is 1.91. The van der Waals surface area contributed by atoms with Crippen molar-refractivity contribution < 1.29 is 0 Å². The maximum Gasteiger partial charge on any atom is 0.00792 e. The molecule has 16 heavy (non-hydrogen) atoms. The quantitative estimate of drug-likeness (QED) is 0.468. The topological polar surface area (TPSA) is 48.1 Å². The lowest BCUT2D eigenvalue weighted by Gasteiger charge is -2.18. The van der Waals surface area contributed by atoms with Gasteiger partial charge >= 0.3 is 0 Å². The van der Waals surface area contributed by atoms with Crippen molar-refractivity contribution in [2.45, 2.75) is 38.8 Å². The van der Waals surface area contributed by atoms with E-state index in [1.165, 1.54) is 12.8 Å². The summed E-state index contributed by atoms with van der Waals surface area (Å²) in [6.45, 7) is 11.0. The molecular formula is C12H28N4. The Labute approximate surface area is 99.9 Å². The lowest BCUT2D eigenvalue weighted by Crippen LogP contribution is -2.40. The third-order valence-electron chi connectivity index (χ3n) is 3.10. The second kappa shape index (κ2) is 8.93. The van der Waals surface area contributed by atoms with Gasteiger partial charge in [0.25, 0.3) is 0 Å². The summed E-state index contributed by atoms with van der Waals surface area (Å²) in [4.78, 5) is 0. The van der Waals surface area contributed by atoms with Crippen LogP contribution >= 0.6 is 0 Å². The minimum absolute atomic E-state index is 0.615. The van der Waals surface area contributed by atoms with Gasteiger partial charge < -0.3 is 21.3 Å². The number of hydrogen-bond donors (Lipinski definition) is 4. The second-order valence-electron chi connectivity index (χ2n) is 4.79. The molecule has 1 aliphatic heterocycles. The van der Waals surface area contributed by atoms with Crippen LogP contribution in [0.1, 0.15) is 26.7 Å². The Morgan fingerprint density at radius 1 is 0.625 bits per heavy atom. The highest BCUT2D eigenvalue weighted by Crippen LogP contribution is 1.90. The van der Waals surface area contributed by atoms with E-state index in [9.17, 15) is 0 Å². The van der Waals surface area contributed by atoms with E-state index in [2.05, 4.69) is 35.1 Å². The molecule has 0 radical (unpaired) electrons. The highest BCUT2D eigenvalue weighted by Gasteiger charge is 2.03. The van der Waals surface area contributed by atoms with Crippen LogP contribution in [0.4, 0.5) is 0 Å². The maximum atomic E-state index is 3.53. The maximum absolute atomic E-state index is 3.53. The van der Waals surface area contributed by atoms with Crippen LogP contribution in [0.25, 0.3) is 0 Å². The molecule has 4 nitrogen and oxygen atoms in total. The molecule has 4 N–H and O–H groups in total. The molecule has 0 saturated carbocycles. The SMILES string of the molecule is C[C@H]1CCNCCN[C@@H](C)CCNCCN1. The van der Waals surface area contributed by atoms with E-state index in [1.54, 1.807) is 0 Å². The molecule has 1 aliphatic rings. The first-order chi connectivity index (χ1) is 7.79. The van der Waals surface area contributed by atoms with Gasteiger partial charge in [-0.25, -0.2) is 0 Å². The third kappa shape index (κ3) is 7.17. The molecule has 96 valence electrons. The minimum Gasteiger partial charge on any atom is -0.315 e. The van der Waals surface area contributed by atoms with Gasteiger partial charge in [0.1, 0.15) is 0 Å². The molecule has 0 aromatic rings. The smallest absolute Gasteiger partial charge is 0.00792 e. The van der Waals surface area contributed by atoms with Gasteiger partial charge in [0.15, 0.2) is 0 Å². The molecule has 2 atom stereocenters. The molecule has 0 unspecified atom stereocenters. The molecule has 0 amide bonds. The monoisotopic (exact) mass is 228 g/mol. The van der Waals surface area contributed by atoms with Gasteiger partial charge in [-0.05, 0) is 39.8 Å². The summed E-state index contributed by atoms with van der Waals surface area (Å²) in [6, 6.07) is 1.23. The molecule has 0 aliphatic carbocycles. The van der Waals surface area contributed by atoms with Crippen LogP contribution in [-0.2, 0) is 0 Å². The largest absolute Gasteiger partial charge is 0.315 e. The van der Waals surface area contributed by atoms with Gasteiger partial charge in [0.2, 0.25) is 0 Å². The van der Waals surface area contributed by atoms with E-state index in [0.29, 0.717) is 12.1 Å². The fourth-order valence-corrected chi connectivity index (χ4v) is 1.91. The van der Waals surface area contributed by atoms with Crippen LogP contribution in [0, 0.1) is 0 Å². The molecular weight excluding hydrogens is 200 g/mol. The molecule has 0 aromatic carbocycles. The van der Waals surface area contributed by atoms with Crippen molar-refractivity contribution in [3.05, 3.63) is 0 Å². The van der Waals surface area contributed by atoms with Gasteiger partial charge in [-0.2, -0.15) is 0 Å². The zero-order chi connectivity index (χ0) is 11.6. The van der Waals surface area contributed by atoms with Gasteiger partial charge in [-0.1, -0.05) is 0 Å². The molecule has 1 heterocycles. The Hall–Kier alpha value is -0.160. The van der Waals surface area contributed by atoms with Crippen LogP contribution in [-0.4, -0.2) is 51.4 Å². The summed E-state index contributed by atoms with van der Waals surface area (Å²) >= 11 is 0. The number of rotatable bonds is 0. The zero-order valence-electron chi connectivity index (χ0n) is 10.8. The fraction of sp³-hybridized carbons (Fsp3) is 1.00. The number of nitrogens with one attached hydrogen (secondary N) is 4. The predicted molar refractivity (Wildman–Crippen MR) is 69.9 cm³/mol. The normalized spacial score (nSPS) is 31.9. The minimum atomic E-state index is 0.615. The predicted octanol–water partition coefficient (Wildman–Crippen LogP) is -0.0844. The average molecular weight is 228 g/mol. The molecule has 0 spiro atoms.